The molecular formula is C97H128N12O11Si2. The molecule has 3 fully saturated rings. The number of hydrogen-bond acceptors (Lipinski definition) is 18. The molecule has 0 radical (unpaired) electrons. The van der Waals surface area contributed by atoms with Gasteiger partial charge in [-0.25, -0.2) is 9.59 Å². The molecule has 9 aromatic carbocycles. The summed E-state index contributed by atoms with van der Waals surface area (Å²) in [6, 6.07) is 70.2. The molecule has 3 heterocycles. The Morgan fingerprint density at radius 2 is 0.762 bits per heavy atom. The lowest BCUT2D eigenvalue weighted by molar-refractivity contribution is -0.109. The van der Waals surface area contributed by atoms with Gasteiger partial charge in [0.15, 0.2) is 16.6 Å². The topological polar surface area (TPSA) is 306 Å². The highest BCUT2D eigenvalue weighted by Gasteiger charge is 2.38. The molecule has 5 amide bonds. The second kappa shape index (κ2) is 43.2. The predicted octanol–water partition coefficient (Wildman–Crippen LogP) is 19.2. The van der Waals surface area contributed by atoms with Crippen molar-refractivity contribution in [1.29, 1.82) is 0 Å². The second-order valence-electron chi connectivity index (χ2n) is 36.0. The van der Waals surface area contributed by atoms with Gasteiger partial charge >= 0.3 is 12.2 Å². The fraction of sp³-hybridized carbons (Fsp3) is 0.381. The summed E-state index contributed by atoms with van der Waals surface area (Å²) >= 11 is 0. The summed E-state index contributed by atoms with van der Waals surface area (Å²) < 4.78 is 22.7. The molecule has 0 aromatic heterocycles. The van der Waals surface area contributed by atoms with Crippen molar-refractivity contribution in [3.05, 3.63) is 235 Å². The van der Waals surface area contributed by atoms with Crippen LogP contribution in [0, 0.1) is 0 Å². The highest BCUT2D eigenvalue weighted by atomic mass is 28.4. The van der Waals surface area contributed by atoms with Gasteiger partial charge in [0.1, 0.15) is 17.5 Å². The summed E-state index contributed by atoms with van der Waals surface area (Å²) in [5.41, 5.74) is 24.6. The van der Waals surface area contributed by atoms with E-state index in [1.165, 1.54) is 0 Å². The Balaban J connectivity index is 0.000000198. The third-order valence-electron chi connectivity index (χ3n) is 22.2. The minimum Gasteiger partial charge on any atom is -0.444 e. The number of aliphatic hydroxyl groups excluding tert-OH is 1. The van der Waals surface area contributed by atoms with Crippen LogP contribution in [0.3, 0.4) is 0 Å². The first kappa shape index (κ1) is 94.8. The Hall–Kier alpha value is -11.0. The molecule has 9 aromatic rings. The SMILES string of the molecule is CC(C)(C)OC(=O)Nc1ccc(-c2ccccc2)cc1NC(=O)c1ccc(N2CC[C@H](N)C2)cc1.CC(C)(C)OC(=O)Nc1ccc(-c2ccccc2)cc1NC(=O)c1ccc(N2CC[C@H](NCCO[Si](C)(C)C(C)(C)C)C2)cc1.CC(C)(C)[Si](C)(C)OCC=O.Nc1ccc(-c2ccccc2)cc1NC(=O)c1ccc(N2CC[C@H](NCCO)C2)cc1. The van der Waals surface area contributed by atoms with Gasteiger partial charge < -0.3 is 81.0 Å². The Bertz CT molecular complexity index is 4900. The molecule has 12 rings (SSSR count). The van der Waals surface area contributed by atoms with Crippen LogP contribution in [0.25, 0.3) is 33.4 Å². The lowest BCUT2D eigenvalue weighted by atomic mass is 10.0. The van der Waals surface area contributed by atoms with Crippen molar-refractivity contribution in [2.45, 2.75) is 168 Å². The molecule has 0 unspecified atom stereocenters. The number of aliphatic hydroxyl groups is 1. The van der Waals surface area contributed by atoms with E-state index in [4.69, 9.17) is 34.9 Å². The lowest BCUT2D eigenvalue weighted by Gasteiger charge is -2.36. The summed E-state index contributed by atoms with van der Waals surface area (Å²) in [4.78, 5) is 81.3. The molecule has 122 heavy (non-hydrogen) atoms. The van der Waals surface area contributed by atoms with E-state index in [0.29, 0.717) is 69.4 Å². The number of nitrogens with one attached hydrogen (secondary N) is 7. The third kappa shape index (κ3) is 28.8. The van der Waals surface area contributed by atoms with Crippen molar-refractivity contribution in [3.8, 4) is 33.4 Å². The van der Waals surface area contributed by atoms with Crippen molar-refractivity contribution >= 4 is 104 Å². The van der Waals surface area contributed by atoms with Gasteiger partial charge in [-0.2, -0.15) is 0 Å². The molecule has 3 atom stereocenters. The largest absolute Gasteiger partial charge is 0.444 e. The van der Waals surface area contributed by atoms with E-state index < -0.39 is 40.0 Å². The molecule has 0 spiro atoms. The van der Waals surface area contributed by atoms with Crippen LogP contribution < -0.4 is 63.4 Å². The molecule has 0 aliphatic carbocycles. The first-order chi connectivity index (χ1) is 57.7. The maximum atomic E-state index is 13.4. The molecule has 0 saturated carbocycles. The lowest BCUT2D eigenvalue weighted by Crippen LogP contribution is -2.43. The van der Waals surface area contributed by atoms with E-state index in [0.717, 1.165) is 128 Å². The number of carbonyl (C=O) groups is 6. The number of nitrogens with two attached hydrogens (primary N) is 2. The van der Waals surface area contributed by atoms with Crippen LogP contribution in [0.2, 0.25) is 36.3 Å². The van der Waals surface area contributed by atoms with Gasteiger partial charge in [0, 0.05) is 111 Å². The van der Waals surface area contributed by atoms with Crippen molar-refractivity contribution in [2.75, 3.05) is 119 Å². The molecule has 12 N–H and O–H groups in total. The smallest absolute Gasteiger partial charge is 0.412 e. The van der Waals surface area contributed by atoms with Crippen LogP contribution >= 0.6 is 0 Å². The third-order valence-corrected chi connectivity index (χ3v) is 31.2. The number of anilines is 9. The van der Waals surface area contributed by atoms with Crippen molar-refractivity contribution in [2.24, 2.45) is 5.73 Å². The zero-order valence-electron chi connectivity index (χ0n) is 74.0. The fourth-order valence-corrected chi connectivity index (χ4v) is 15.3. The van der Waals surface area contributed by atoms with Gasteiger partial charge in [0.05, 0.1) is 47.3 Å². The number of nitrogen functional groups attached to an aromatic ring is 1. The van der Waals surface area contributed by atoms with E-state index in [9.17, 15) is 28.8 Å². The van der Waals surface area contributed by atoms with Crippen LogP contribution in [0.4, 0.5) is 60.8 Å². The normalized spacial score (nSPS) is 15.4. The Kier molecular flexibility index (Phi) is 33.6. The molecule has 3 aliphatic rings. The van der Waals surface area contributed by atoms with Gasteiger partial charge in [-0.1, -0.05) is 151 Å². The molecule has 3 saturated heterocycles. The quantitative estimate of drug-likeness (QED) is 0.0110. The summed E-state index contributed by atoms with van der Waals surface area (Å²) in [6.07, 6.45) is 2.71. The molecule has 650 valence electrons. The predicted molar refractivity (Wildman–Crippen MR) is 504 cm³/mol. The summed E-state index contributed by atoms with van der Waals surface area (Å²) in [5.74, 6) is -0.721. The molecule has 3 aliphatic heterocycles. The number of amides is 5. The minimum absolute atomic E-state index is 0.152. The van der Waals surface area contributed by atoms with Gasteiger partial charge in [-0.15, -0.1) is 0 Å². The minimum atomic E-state index is -1.73. The van der Waals surface area contributed by atoms with Crippen LogP contribution in [0.5, 0.6) is 0 Å². The summed E-state index contributed by atoms with van der Waals surface area (Å²) in [6.45, 7) is 41.0. The second-order valence-corrected chi connectivity index (χ2v) is 45.6. The Morgan fingerprint density at radius 3 is 1.11 bits per heavy atom. The Labute approximate surface area is 724 Å². The van der Waals surface area contributed by atoms with E-state index in [-0.39, 0.29) is 47.1 Å². The number of carbonyl (C=O) groups excluding carboxylic acids is 6. The van der Waals surface area contributed by atoms with E-state index in [1.54, 1.807) is 45.0 Å². The van der Waals surface area contributed by atoms with E-state index in [2.05, 4.69) is 120 Å². The standard InChI is InChI=1S/C36H50N4O4Si.C28H32N4O3.C25H28N4O2.C8H18O2Si/c1-35(2,3)44-34(42)39-31-19-16-28(26-12-10-9-11-13-26)24-32(31)38-33(41)27-14-17-30(18-15-27)40-22-20-29(25-40)37-21-23-43-45(7,8)36(4,5)6;1-28(2,3)35-27(34)31-24-14-11-21(19-7-5-4-6-8-19)17-25(24)30-26(33)20-9-12-23(13-10-20)32-16-15-22(29)18-32;26-23-11-8-20(18-4-2-1-3-5-18)16-24(23)28-25(31)19-6-9-22(10-7-19)29-14-12-21(17-29)27-13-15-30;1-8(2,3)11(4,5)10-7-6-9/h9-19,24,29,37H,20-23,25H2,1-8H3,(H,38,41)(H,39,42);4-14,17,22H,15-16,18,29H2,1-3H3,(H,30,33)(H,31,34);1-11,16,21,27,30H,12-15,17,26H2,(H,28,31);6H,7H2,1-5H3/t29-;22-;21-;/m000./s1. The van der Waals surface area contributed by atoms with Crippen molar-refractivity contribution < 1.29 is 52.2 Å². The molecule has 25 heteroatoms. The number of ether oxygens (including phenoxy) is 2. The maximum absolute atomic E-state index is 13.4. The highest BCUT2D eigenvalue weighted by Crippen LogP contribution is 2.39. The number of rotatable bonds is 25. The zero-order chi connectivity index (χ0) is 88.6. The van der Waals surface area contributed by atoms with Crippen LogP contribution in [0.15, 0.2) is 218 Å². The van der Waals surface area contributed by atoms with Crippen molar-refractivity contribution in [3.63, 3.8) is 0 Å². The first-order valence-corrected chi connectivity index (χ1v) is 47.9. The average molecular weight is 1690 g/mol. The molecule has 0 bridgehead atoms. The maximum Gasteiger partial charge on any atom is 0.412 e. The van der Waals surface area contributed by atoms with Crippen molar-refractivity contribution in [1.82, 2.24) is 10.6 Å². The molecule has 23 nitrogen and oxygen atoms in total. The Morgan fingerprint density at radius 1 is 0.418 bits per heavy atom. The monoisotopic (exact) mass is 1690 g/mol. The summed E-state index contributed by atoms with van der Waals surface area (Å²) in [5, 5.41) is 30.8. The number of nitrogens with zero attached hydrogens (tertiary/aromatic N) is 3. The van der Waals surface area contributed by atoms with E-state index >= 15 is 0 Å². The van der Waals surface area contributed by atoms with Gasteiger partial charge in [-0.3, -0.25) is 25.0 Å². The van der Waals surface area contributed by atoms with E-state index in [1.807, 2.05) is 215 Å². The molecular weight excluding hydrogens is 1570 g/mol. The summed E-state index contributed by atoms with van der Waals surface area (Å²) in [7, 11) is -3.39. The zero-order valence-corrected chi connectivity index (χ0v) is 76.0. The number of hydrogen-bond donors (Lipinski definition) is 10. The number of benzene rings is 9. The first-order valence-electron chi connectivity index (χ1n) is 42.1. The van der Waals surface area contributed by atoms with Crippen LogP contribution in [-0.4, -0.2) is 159 Å². The highest BCUT2D eigenvalue weighted by molar-refractivity contribution is 6.74. The fourth-order valence-electron chi connectivity index (χ4n) is 13.3. The van der Waals surface area contributed by atoms with Crippen LogP contribution in [-0.2, 0) is 23.1 Å². The number of aldehydes is 1. The van der Waals surface area contributed by atoms with Crippen LogP contribution in [0.1, 0.15) is 133 Å². The van der Waals surface area contributed by atoms with Gasteiger partial charge in [0.25, 0.3) is 17.7 Å². The average Bonchev–Trinajstić information content (AvgIpc) is 1.22. The van der Waals surface area contributed by atoms with Gasteiger partial charge in [-0.05, 0) is 240 Å². The van der Waals surface area contributed by atoms with Gasteiger partial charge in [0.2, 0.25) is 0 Å².